The predicted molar refractivity (Wildman–Crippen MR) is 132 cm³/mol. The molecule has 0 N–H and O–H groups in total. The number of hydrogen-bond acceptors (Lipinski definition) is 6. The fourth-order valence-electron chi connectivity index (χ4n) is 5.02. The van der Waals surface area contributed by atoms with E-state index in [0.29, 0.717) is 5.92 Å². The molecule has 3 aromatic rings. The molecule has 0 bridgehead atoms. The number of aromatic nitrogens is 4. The Bertz CT molecular complexity index is 1160. The largest absolute Gasteiger partial charge is 0.416 e. The van der Waals surface area contributed by atoms with Gasteiger partial charge in [0.05, 0.1) is 21.1 Å². The quantitative estimate of drug-likeness (QED) is 0.288. The highest BCUT2D eigenvalue weighted by Crippen LogP contribution is 2.59. The molecule has 1 aliphatic carbocycles. The number of alkyl halides is 3. The van der Waals surface area contributed by atoms with Gasteiger partial charge in [0.25, 0.3) is 0 Å². The Kier molecular flexibility index (Phi) is 7.07. The minimum atomic E-state index is -4.28. The number of fused-ring (bicyclic) bond motifs is 1. The van der Waals surface area contributed by atoms with Crippen molar-refractivity contribution in [2.75, 3.05) is 25.4 Å². The van der Waals surface area contributed by atoms with Gasteiger partial charge in [-0.1, -0.05) is 23.9 Å². The Morgan fingerprint density at radius 3 is 2.56 bits per heavy atom. The number of likely N-dealkylation sites (tertiary alicyclic amines) is 1. The van der Waals surface area contributed by atoms with E-state index in [9.17, 15) is 13.2 Å². The molecule has 5 nitrogen and oxygen atoms in total. The lowest BCUT2D eigenvalue weighted by atomic mass is 9.94. The second-order valence-electron chi connectivity index (χ2n) is 9.08. The van der Waals surface area contributed by atoms with Crippen molar-refractivity contribution in [1.29, 1.82) is 0 Å². The summed E-state index contributed by atoms with van der Waals surface area (Å²) >= 11 is 3.35. The summed E-state index contributed by atoms with van der Waals surface area (Å²) in [6, 6.07) is 5.81. The molecule has 5 rings (SSSR count). The van der Waals surface area contributed by atoms with Crippen molar-refractivity contribution in [2.45, 2.75) is 43.4 Å². The first-order valence-corrected chi connectivity index (χ1v) is 12.8. The van der Waals surface area contributed by atoms with Gasteiger partial charge in [-0.15, -0.1) is 33.9 Å². The number of aryl methyl sites for hydroxylation is 2. The van der Waals surface area contributed by atoms with Crippen molar-refractivity contribution in [1.82, 2.24) is 24.6 Å². The molecule has 34 heavy (non-hydrogen) atoms. The van der Waals surface area contributed by atoms with Gasteiger partial charge >= 0.3 is 6.18 Å². The minimum Gasteiger partial charge on any atom is -0.304 e. The van der Waals surface area contributed by atoms with Crippen LogP contribution < -0.4 is 0 Å². The summed E-state index contributed by atoms with van der Waals surface area (Å²) in [6.07, 6.45) is -2.16. The van der Waals surface area contributed by atoms with Crippen molar-refractivity contribution in [3.05, 3.63) is 46.1 Å². The third kappa shape index (κ3) is 4.74. The molecule has 3 heterocycles. The van der Waals surface area contributed by atoms with Crippen LogP contribution in [0.1, 0.15) is 34.7 Å². The van der Waals surface area contributed by atoms with E-state index < -0.39 is 11.7 Å². The molecule has 2 atom stereocenters. The summed E-state index contributed by atoms with van der Waals surface area (Å²) in [7, 11) is 1.99. The number of piperidine rings is 1. The Morgan fingerprint density at radius 1 is 1.18 bits per heavy atom. The third-order valence-electron chi connectivity index (χ3n) is 6.79. The molecule has 1 saturated carbocycles. The van der Waals surface area contributed by atoms with Gasteiger partial charge in [0.15, 0.2) is 11.0 Å². The van der Waals surface area contributed by atoms with Gasteiger partial charge in [-0.05, 0) is 56.8 Å². The van der Waals surface area contributed by atoms with E-state index in [2.05, 4.69) is 20.1 Å². The van der Waals surface area contributed by atoms with Gasteiger partial charge in [-0.25, -0.2) is 4.98 Å². The first-order chi connectivity index (χ1) is 15.7. The maximum atomic E-state index is 12.9. The van der Waals surface area contributed by atoms with Crippen LogP contribution >= 0.6 is 35.5 Å². The molecule has 0 radical (unpaired) electrons. The predicted octanol–water partition coefficient (Wildman–Crippen LogP) is 5.75. The van der Waals surface area contributed by atoms with E-state index in [-0.39, 0.29) is 17.8 Å². The van der Waals surface area contributed by atoms with E-state index in [1.54, 1.807) is 35.2 Å². The van der Waals surface area contributed by atoms with Crippen LogP contribution in [0, 0.1) is 19.8 Å². The molecule has 11 heteroatoms. The van der Waals surface area contributed by atoms with Crippen molar-refractivity contribution in [3.63, 3.8) is 0 Å². The highest BCUT2D eigenvalue weighted by molar-refractivity contribution is 7.99. The van der Waals surface area contributed by atoms with Crippen molar-refractivity contribution in [2.24, 2.45) is 13.0 Å². The van der Waals surface area contributed by atoms with Crippen LogP contribution in [0.5, 0.6) is 0 Å². The normalized spacial score (nSPS) is 22.0. The standard InChI is InChI=1S/C23H26F3N5S2.ClH/c1-14-19(33-15(2)27-14)20-28-29-21(30(20)3)32-10-4-9-31-12-18-11-22(18,13-31)16-5-7-17(8-6-16)23(24,25)26;/h5-8,18H,4,9-13H2,1-3H3;1H/t18-,22+;/m0./s1. The lowest BCUT2D eigenvalue weighted by molar-refractivity contribution is -0.137. The third-order valence-corrected chi connectivity index (χ3v) is 8.97. The lowest BCUT2D eigenvalue weighted by Crippen LogP contribution is -2.28. The monoisotopic (exact) mass is 529 g/mol. The minimum absolute atomic E-state index is 0. The van der Waals surface area contributed by atoms with Gasteiger partial charge in [-0.2, -0.15) is 13.2 Å². The van der Waals surface area contributed by atoms with Crippen molar-refractivity contribution >= 4 is 35.5 Å². The first-order valence-electron chi connectivity index (χ1n) is 11.0. The van der Waals surface area contributed by atoms with Crippen LogP contribution in [0.15, 0.2) is 29.4 Å². The van der Waals surface area contributed by atoms with Crippen LogP contribution in [0.4, 0.5) is 13.2 Å². The second kappa shape index (κ2) is 9.44. The Balaban J connectivity index is 0.00000274. The van der Waals surface area contributed by atoms with Crippen LogP contribution in [0.2, 0.25) is 0 Å². The van der Waals surface area contributed by atoms with Gasteiger partial charge in [0, 0.05) is 31.3 Å². The van der Waals surface area contributed by atoms with E-state index in [0.717, 1.165) is 70.4 Å². The molecule has 1 aromatic carbocycles. The molecule has 2 aromatic heterocycles. The maximum Gasteiger partial charge on any atom is 0.416 e. The maximum absolute atomic E-state index is 12.9. The molecule has 1 saturated heterocycles. The fraction of sp³-hybridized carbons (Fsp3) is 0.522. The number of halogens is 4. The average molecular weight is 530 g/mol. The van der Waals surface area contributed by atoms with Crippen LogP contribution in [0.25, 0.3) is 10.7 Å². The molecule has 2 aliphatic rings. The van der Waals surface area contributed by atoms with Crippen LogP contribution in [-0.4, -0.2) is 50.0 Å². The smallest absolute Gasteiger partial charge is 0.304 e. The highest BCUT2D eigenvalue weighted by Gasteiger charge is 2.60. The Hall–Kier alpha value is -1.62. The first kappa shape index (κ1) is 25.5. The summed E-state index contributed by atoms with van der Waals surface area (Å²) in [4.78, 5) is 8.01. The zero-order chi connectivity index (χ0) is 23.4. The van der Waals surface area contributed by atoms with Crippen molar-refractivity contribution in [3.8, 4) is 10.7 Å². The molecule has 0 unspecified atom stereocenters. The Morgan fingerprint density at radius 2 is 1.91 bits per heavy atom. The number of thioether (sulfide) groups is 1. The lowest BCUT2D eigenvalue weighted by Gasteiger charge is -2.21. The molecular formula is C23H27ClF3N5S2. The zero-order valence-corrected chi connectivity index (χ0v) is 21.7. The van der Waals surface area contributed by atoms with Gasteiger partial charge < -0.3 is 9.47 Å². The van der Waals surface area contributed by atoms with Gasteiger partial charge in [0.1, 0.15) is 0 Å². The number of thiazole rings is 1. The summed E-state index contributed by atoms with van der Waals surface area (Å²) < 4.78 is 40.6. The van der Waals surface area contributed by atoms with Gasteiger partial charge in [0.2, 0.25) is 0 Å². The molecule has 184 valence electrons. The number of rotatable bonds is 7. The second-order valence-corrected chi connectivity index (χ2v) is 11.3. The average Bonchev–Trinajstić information content (AvgIpc) is 3.00. The molecule has 0 amide bonds. The summed E-state index contributed by atoms with van der Waals surface area (Å²) in [5.41, 5.74) is 1.52. The van der Waals surface area contributed by atoms with Crippen molar-refractivity contribution < 1.29 is 13.2 Å². The van der Waals surface area contributed by atoms with E-state index in [1.807, 2.05) is 25.5 Å². The van der Waals surface area contributed by atoms with Crippen LogP contribution in [-0.2, 0) is 18.6 Å². The van der Waals surface area contributed by atoms with E-state index >= 15 is 0 Å². The molecule has 1 aliphatic heterocycles. The number of benzene rings is 1. The highest BCUT2D eigenvalue weighted by atomic mass is 35.5. The van der Waals surface area contributed by atoms with Gasteiger partial charge in [-0.3, -0.25) is 0 Å². The molecular weight excluding hydrogens is 503 g/mol. The molecule has 0 spiro atoms. The summed E-state index contributed by atoms with van der Waals surface area (Å²) in [5, 5.41) is 10.7. The molecule has 2 fully saturated rings. The summed E-state index contributed by atoms with van der Waals surface area (Å²) in [6.45, 7) is 6.95. The topological polar surface area (TPSA) is 46.8 Å². The number of nitrogens with zero attached hydrogens (tertiary/aromatic N) is 5. The number of hydrogen-bond donors (Lipinski definition) is 0. The fourth-order valence-corrected chi connectivity index (χ4v) is 6.80. The van der Waals surface area contributed by atoms with E-state index in [4.69, 9.17) is 0 Å². The Labute approximate surface area is 211 Å². The summed E-state index contributed by atoms with van der Waals surface area (Å²) in [5.74, 6) is 2.37. The zero-order valence-electron chi connectivity index (χ0n) is 19.2. The van der Waals surface area contributed by atoms with Crippen LogP contribution in [0.3, 0.4) is 0 Å². The SMILES string of the molecule is Cc1nc(C)c(-c2nnc(SCCCN3C[C@@H]4C[C@]4(c4ccc(C(F)(F)F)cc4)C3)n2C)s1.Cl. The van der Waals surface area contributed by atoms with E-state index in [1.165, 1.54) is 12.1 Å².